The van der Waals surface area contributed by atoms with Crippen molar-refractivity contribution in [1.82, 2.24) is 4.90 Å². The summed E-state index contributed by atoms with van der Waals surface area (Å²) in [5, 5.41) is 9.13. The quantitative estimate of drug-likeness (QED) is 0.874. The van der Waals surface area contributed by atoms with Gasteiger partial charge in [-0.2, -0.15) is 0 Å². The molecule has 2 aromatic rings. The third-order valence-corrected chi connectivity index (χ3v) is 4.40. The van der Waals surface area contributed by atoms with Gasteiger partial charge in [-0.05, 0) is 30.7 Å². The Morgan fingerprint density at radius 3 is 2.56 bits per heavy atom. The first kappa shape index (κ1) is 18.4. The molecule has 0 bridgehead atoms. The van der Waals surface area contributed by atoms with Crippen molar-refractivity contribution in [2.24, 2.45) is 0 Å². The summed E-state index contributed by atoms with van der Waals surface area (Å²) in [4.78, 5) is 39.2. The molecule has 0 aromatic heterocycles. The average molecular weight is 368 g/mol. The lowest BCUT2D eigenvalue weighted by Crippen LogP contribution is -2.49. The molecule has 0 spiro atoms. The van der Waals surface area contributed by atoms with E-state index >= 15 is 0 Å². The molecule has 7 heteroatoms. The van der Waals surface area contributed by atoms with E-state index < -0.39 is 12.1 Å². The molecule has 0 radical (unpaired) electrons. The molecule has 3 rings (SSSR count). The zero-order chi connectivity index (χ0) is 19.6. The number of carboxylic acid groups (broad SMARTS) is 1. The highest BCUT2D eigenvalue weighted by Crippen LogP contribution is 2.35. The summed E-state index contributed by atoms with van der Waals surface area (Å²) in [6.45, 7) is 1.86. The molecule has 0 saturated heterocycles. The van der Waals surface area contributed by atoms with Crippen LogP contribution in [0.1, 0.15) is 22.8 Å². The molecule has 1 aliphatic rings. The van der Waals surface area contributed by atoms with Crippen LogP contribution in [0, 0.1) is 0 Å². The van der Waals surface area contributed by atoms with Gasteiger partial charge in [0.2, 0.25) is 5.91 Å². The highest BCUT2D eigenvalue weighted by atomic mass is 16.5. The molecule has 27 heavy (non-hydrogen) atoms. The van der Waals surface area contributed by atoms with Crippen LogP contribution in [0.2, 0.25) is 0 Å². The van der Waals surface area contributed by atoms with Crippen LogP contribution in [0.4, 0.5) is 5.69 Å². The first-order valence-electron chi connectivity index (χ1n) is 8.50. The highest BCUT2D eigenvalue weighted by Gasteiger charge is 2.33. The molecule has 0 saturated carbocycles. The Morgan fingerprint density at radius 1 is 1.19 bits per heavy atom. The molecule has 2 amide bonds. The fraction of sp³-hybridized carbons (Fsp3) is 0.250. The standard InChI is InChI=1S/C20H20N2O5/c1-13-19(24)22(16-9-8-15(20(25)26)10-17(16)27-13)12-18(23)21(2)11-14-6-4-3-5-7-14/h3-10,13H,11-12H2,1-2H3,(H,25,26). The van der Waals surface area contributed by atoms with Crippen molar-refractivity contribution >= 4 is 23.5 Å². The fourth-order valence-corrected chi connectivity index (χ4v) is 2.91. The smallest absolute Gasteiger partial charge is 0.335 e. The van der Waals surface area contributed by atoms with Crippen LogP contribution < -0.4 is 9.64 Å². The fourth-order valence-electron chi connectivity index (χ4n) is 2.91. The van der Waals surface area contributed by atoms with E-state index in [1.807, 2.05) is 30.3 Å². The largest absolute Gasteiger partial charge is 0.479 e. The number of hydrogen-bond acceptors (Lipinski definition) is 4. The molecular weight excluding hydrogens is 348 g/mol. The zero-order valence-electron chi connectivity index (χ0n) is 15.1. The van der Waals surface area contributed by atoms with Gasteiger partial charge in [-0.3, -0.25) is 14.5 Å². The van der Waals surface area contributed by atoms with E-state index in [9.17, 15) is 14.4 Å². The zero-order valence-corrected chi connectivity index (χ0v) is 15.1. The Morgan fingerprint density at radius 2 is 1.89 bits per heavy atom. The lowest BCUT2D eigenvalue weighted by atomic mass is 10.1. The van der Waals surface area contributed by atoms with Crippen molar-refractivity contribution < 1.29 is 24.2 Å². The van der Waals surface area contributed by atoms with E-state index in [-0.39, 0.29) is 29.7 Å². The van der Waals surface area contributed by atoms with E-state index in [4.69, 9.17) is 9.84 Å². The first-order valence-corrected chi connectivity index (χ1v) is 8.50. The van der Waals surface area contributed by atoms with Gasteiger partial charge in [0.05, 0.1) is 11.3 Å². The number of benzene rings is 2. The number of hydrogen-bond donors (Lipinski definition) is 1. The third-order valence-electron chi connectivity index (χ3n) is 4.40. The van der Waals surface area contributed by atoms with Crippen LogP contribution in [-0.4, -0.2) is 47.5 Å². The number of anilines is 1. The first-order chi connectivity index (χ1) is 12.9. The third kappa shape index (κ3) is 3.92. The maximum Gasteiger partial charge on any atom is 0.335 e. The Hall–Kier alpha value is -3.35. The minimum atomic E-state index is -1.09. The SMILES string of the molecule is CC1Oc2cc(C(=O)O)ccc2N(CC(=O)N(C)Cc2ccccc2)C1=O. The van der Waals surface area contributed by atoms with E-state index in [0.29, 0.717) is 12.2 Å². The molecule has 1 aliphatic heterocycles. The molecule has 0 fully saturated rings. The predicted molar refractivity (Wildman–Crippen MR) is 98.8 cm³/mol. The normalized spacial score (nSPS) is 15.7. The number of ether oxygens (including phenoxy) is 1. The van der Waals surface area contributed by atoms with Gasteiger partial charge in [0, 0.05) is 13.6 Å². The summed E-state index contributed by atoms with van der Waals surface area (Å²) in [5.74, 6) is -1.38. The van der Waals surface area contributed by atoms with Gasteiger partial charge in [0.1, 0.15) is 12.3 Å². The highest BCUT2D eigenvalue weighted by molar-refractivity contribution is 6.04. The Balaban J connectivity index is 1.80. The second-order valence-corrected chi connectivity index (χ2v) is 6.41. The molecule has 1 unspecified atom stereocenters. The maximum absolute atomic E-state index is 12.6. The van der Waals surface area contributed by atoms with Crippen LogP contribution >= 0.6 is 0 Å². The summed E-state index contributed by atoms with van der Waals surface area (Å²) in [7, 11) is 1.68. The number of nitrogens with zero attached hydrogens (tertiary/aromatic N) is 2. The van der Waals surface area contributed by atoms with E-state index in [0.717, 1.165) is 5.56 Å². The minimum Gasteiger partial charge on any atom is -0.479 e. The van der Waals surface area contributed by atoms with Crippen molar-refractivity contribution in [1.29, 1.82) is 0 Å². The summed E-state index contributed by atoms with van der Waals surface area (Å²) in [5.41, 5.74) is 1.44. The van der Waals surface area contributed by atoms with E-state index in [1.54, 1.807) is 18.9 Å². The van der Waals surface area contributed by atoms with Crippen molar-refractivity contribution in [3.8, 4) is 5.75 Å². The maximum atomic E-state index is 12.6. The number of carboxylic acids is 1. The molecule has 2 aromatic carbocycles. The Bertz CT molecular complexity index is 881. The van der Waals surface area contributed by atoms with Gasteiger partial charge in [-0.15, -0.1) is 0 Å². The molecule has 1 atom stereocenters. The van der Waals surface area contributed by atoms with Crippen LogP contribution in [0.15, 0.2) is 48.5 Å². The number of fused-ring (bicyclic) bond motifs is 1. The second kappa shape index (κ2) is 7.49. The average Bonchev–Trinajstić information content (AvgIpc) is 2.65. The van der Waals surface area contributed by atoms with Gasteiger partial charge in [-0.1, -0.05) is 30.3 Å². The van der Waals surface area contributed by atoms with Gasteiger partial charge in [0.25, 0.3) is 5.91 Å². The number of aromatic carboxylic acids is 1. The topological polar surface area (TPSA) is 87.2 Å². The van der Waals surface area contributed by atoms with Crippen molar-refractivity contribution in [2.75, 3.05) is 18.5 Å². The summed E-state index contributed by atoms with van der Waals surface area (Å²) < 4.78 is 5.52. The molecule has 0 aliphatic carbocycles. The van der Waals surface area contributed by atoms with Gasteiger partial charge in [-0.25, -0.2) is 4.79 Å². The van der Waals surface area contributed by atoms with E-state index in [1.165, 1.54) is 23.1 Å². The van der Waals surface area contributed by atoms with Crippen LogP contribution in [0.25, 0.3) is 0 Å². The van der Waals surface area contributed by atoms with Crippen LogP contribution in [0.5, 0.6) is 5.75 Å². The molecule has 1 heterocycles. The predicted octanol–water partition coefficient (Wildman–Crippen LogP) is 2.16. The number of carbonyl (C=O) groups excluding carboxylic acids is 2. The second-order valence-electron chi connectivity index (χ2n) is 6.41. The molecular formula is C20H20N2O5. The van der Waals surface area contributed by atoms with Gasteiger partial charge in [0.15, 0.2) is 6.10 Å². The van der Waals surface area contributed by atoms with Crippen molar-refractivity contribution in [3.05, 3.63) is 59.7 Å². The minimum absolute atomic E-state index is 0.0581. The summed E-state index contributed by atoms with van der Waals surface area (Å²) >= 11 is 0. The summed E-state index contributed by atoms with van der Waals surface area (Å²) in [6, 6.07) is 13.8. The molecule has 7 nitrogen and oxygen atoms in total. The van der Waals surface area contributed by atoms with Crippen molar-refractivity contribution in [3.63, 3.8) is 0 Å². The summed E-state index contributed by atoms with van der Waals surface area (Å²) in [6.07, 6.45) is -0.797. The lowest BCUT2D eigenvalue weighted by molar-refractivity contribution is -0.132. The van der Waals surface area contributed by atoms with E-state index in [2.05, 4.69) is 0 Å². The number of rotatable bonds is 5. The van der Waals surface area contributed by atoms with Crippen molar-refractivity contribution in [2.45, 2.75) is 19.6 Å². The Labute approximate surface area is 156 Å². The lowest BCUT2D eigenvalue weighted by Gasteiger charge is -2.33. The Kier molecular flexibility index (Phi) is 5.12. The number of likely N-dealkylation sites (N-methyl/N-ethyl adjacent to an activating group) is 1. The molecule has 1 N–H and O–H groups in total. The van der Waals surface area contributed by atoms with Gasteiger partial charge < -0.3 is 14.7 Å². The number of amides is 2. The monoisotopic (exact) mass is 368 g/mol. The molecule has 140 valence electrons. The van der Waals surface area contributed by atoms with Crippen LogP contribution in [0.3, 0.4) is 0 Å². The number of carbonyl (C=O) groups is 3. The van der Waals surface area contributed by atoms with Gasteiger partial charge >= 0.3 is 5.97 Å². The van der Waals surface area contributed by atoms with Crippen LogP contribution in [-0.2, 0) is 16.1 Å².